The third kappa shape index (κ3) is 2.97. The van der Waals surface area contributed by atoms with Crippen LogP contribution < -0.4 is 5.32 Å². The third-order valence-corrected chi connectivity index (χ3v) is 7.68. The standard InChI is InChI=1S/C25H29NO2/c1-28-25(22-12-17-11-18(14-22)15-23(25)13-17)16-26-24(27)21-9-7-20(8-10-21)19-5-3-2-4-6-19/h2-10,17-18,22-23H,11-16H2,1H3,(H,26,27). The molecule has 4 aliphatic rings. The van der Waals surface area contributed by atoms with Gasteiger partial charge in [-0.05, 0) is 79.0 Å². The predicted molar refractivity (Wildman–Crippen MR) is 111 cm³/mol. The van der Waals surface area contributed by atoms with Crippen LogP contribution in [0.4, 0.5) is 0 Å². The highest BCUT2D eigenvalue weighted by Crippen LogP contribution is 2.59. The lowest BCUT2D eigenvalue weighted by Crippen LogP contribution is -2.63. The van der Waals surface area contributed by atoms with E-state index in [0.717, 1.165) is 23.0 Å². The zero-order valence-electron chi connectivity index (χ0n) is 16.6. The smallest absolute Gasteiger partial charge is 0.251 e. The van der Waals surface area contributed by atoms with Gasteiger partial charge in [0.05, 0.1) is 5.60 Å². The van der Waals surface area contributed by atoms with Crippen LogP contribution in [0, 0.1) is 23.7 Å². The average Bonchev–Trinajstić information content (AvgIpc) is 2.74. The second-order valence-corrected chi connectivity index (χ2v) is 9.09. The van der Waals surface area contributed by atoms with Gasteiger partial charge in [-0.15, -0.1) is 0 Å². The molecule has 1 amide bonds. The molecule has 146 valence electrons. The summed E-state index contributed by atoms with van der Waals surface area (Å²) >= 11 is 0. The highest BCUT2D eigenvalue weighted by Gasteiger charge is 2.57. The molecule has 4 aliphatic carbocycles. The Morgan fingerprint density at radius 2 is 1.46 bits per heavy atom. The first kappa shape index (κ1) is 17.9. The Morgan fingerprint density at radius 3 is 2.04 bits per heavy atom. The van der Waals surface area contributed by atoms with Crippen molar-refractivity contribution >= 4 is 5.91 Å². The summed E-state index contributed by atoms with van der Waals surface area (Å²) in [6.07, 6.45) is 6.54. The molecule has 0 spiro atoms. The number of hydrogen-bond acceptors (Lipinski definition) is 2. The first-order valence-electron chi connectivity index (χ1n) is 10.7. The first-order valence-corrected chi connectivity index (χ1v) is 10.7. The first-order chi connectivity index (χ1) is 13.7. The van der Waals surface area contributed by atoms with E-state index in [0.29, 0.717) is 18.4 Å². The number of amides is 1. The number of carbonyl (C=O) groups excluding carboxylic acids is 1. The number of hydrogen-bond donors (Lipinski definition) is 1. The van der Waals surface area contributed by atoms with Crippen LogP contribution >= 0.6 is 0 Å². The van der Waals surface area contributed by atoms with Crippen molar-refractivity contribution in [2.75, 3.05) is 13.7 Å². The summed E-state index contributed by atoms with van der Waals surface area (Å²) in [5, 5.41) is 3.21. The molecule has 0 unspecified atom stereocenters. The molecule has 0 aromatic heterocycles. The number of methoxy groups -OCH3 is 1. The topological polar surface area (TPSA) is 38.3 Å². The number of rotatable bonds is 5. The van der Waals surface area contributed by atoms with Crippen molar-refractivity contribution in [3.8, 4) is 11.1 Å². The molecule has 0 heterocycles. The number of nitrogens with one attached hydrogen (secondary N) is 1. The molecule has 4 bridgehead atoms. The van der Waals surface area contributed by atoms with Crippen molar-refractivity contribution in [3.63, 3.8) is 0 Å². The van der Waals surface area contributed by atoms with E-state index >= 15 is 0 Å². The quantitative estimate of drug-likeness (QED) is 0.805. The van der Waals surface area contributed by atoms with Gasteiger partial charge in [-0.25, -0.2) is 0 Å². The van der Waals surface area contributed by atoms with E-state index in [2.05, 4.69) is 17.4 Å². The minimum absolute atomic E-state index is 0.00448. The summed E-state index contributed by atoms with van der Waals surface area (Å²) in [5.74, 6) is 3.01. The summed E-state index contributed by atoms with van der Waals surface area (Å²) in [6, 6.07) is 18.2. The Hall–Kier alpha value is -2.13. The summed E-state index contributed by atoms with van der Waals surface area (Å²) in [4.78, 5) is 12.8. The van der Waals surface area contributed by atoms with Crippen LogP contribution in [0.5, 0.6) is 0 Å². The second-order valence-electron chi connectivity index (χ2n) is 9.09. The molecule has 2 aromatic carbocycles. The molecule has 1 N–H and O–H groups in total. The molecule has 3 nitrogen and oxygen atoms in total. The van der Waals surface area contributed by atoms with E-state index in [1.165, 1.54) is 37.7 Å². The van der Waals surface area contributed by atoms with E-state index < -0.39 is 0 Å². The molecule has 6 rings (SSSR count). The lowest BCUT2D eigenvalue weighted by molar-refractivity contribution is -0.186. The van der Waals surface area contributed by atoms with Crippen LogP contribution in [0.15, 0.2) is 54.6 Å². The zero-order chi connectivity index (χ0) is 19.1. The van der Waals surface area contributed by atoms with Gasteiger partial charge in [-0.3, -0.25) is 4.79 Å². The second kappa shape index (κ2) is 7.04. The van der Waals surface area contributed by atoms with Crippen LogP contribution in [0.2, 0.25) is 0 Å². The van der Waals surface area contributed by atoms with Gasteiger partial charge in [-0.2, -0.15) is 0 Å². The van der Waals surface area contributed by atoms with Gasteiger partial charge in [0.25, 0.3) is 5.91 Å². The Balaban J connectivity index is 1.28. The van der Waals surface area contributed by atoms with Crippen molar-refractivity contribution < 1.29 is 9.53 Å². The fourth-order valence-corrected chi connectivity index (χ4v) is 6.44. The van der Waals surface area contributed by atoms with Gasteiger partial charge >= 0.3 is 0 Å². The van der Waals surface area contributed by atoms with Crippen LogP contribution in [-0.4, -0.2) is 25.2 Å². The lowest BCUT2D eigenvalue weighted by atomic mass is 9.49. The van der Waals surface area contributed by atoms with Gasteiger partial charge in [0.1, 0.15) is 0 Å². The van der Waals surface area contributed by atoms with E-state index in [1.54, 1.807) is 0 Å². The molecular weight excluding hydrogens is 346 g/mol. The Labute approximate surface area is 167 Å². The van der Waals surface area contributed by atoms with E-state index in [-0.39, 0.29) is 11.5 Å². The van der Waals surface area contributed by atoms with Crippen molar-refractivity contribution in [2.24, 2.45) is 23.7 Å². The highest BCUT2D eigenvalue weighted by atomic mass is 16.5. The molecule has 0 atom stereocenters. The Kier molecular flexibility index (Phi) is 4.51. The van der Waals surface area contributed by atoms with Crippen molar-refractivity contribution in [2.45, 2.75) is 37.7 Å². The van der Waals surface area contributed by atoms with Gasteiger partial charge in [0, 0.05) is 19.2 Å². The molecule has 4 saturated carbocycles. The van der Waals surface area contributed by atoms with Gasteiger partial charge in [0.15, 0.2) is 0 Å². The fourth-order valence-electron chi connectivity index (χ4n) is 6.44. The number of carbonyl (C=O) groups is 1. The van der Waals surface area contributed by atoms with Gasteiger partial charge < -0.3 is 10.1 Å². The molecule has 0 saturated heterocycles. The molecular formula is C25H29NO2. The third-order valence-electron chi connectivity index (χ3n) is 7.68. The molecule has 0 aliphatic heterocycles. The maximum absolute atomic E-state index is 12.8. The largest absolute Gasteiger partial charge is 0.376 e. The summed E-state index contributed by atoms with van der Waals surface area (Å²) in [7, 11) is 1.85. The molecule has 2 aromatic rings. The monoisotopic (exact) mass is 375 g/mol. The van der Waals surface area contributed by atoms with Gasteiger partial charge in [-0.1, -0.05) is 42.5 Å². The average molecular weight is 376 g/mol. The fraction of sp³-hybridized carbons (Fsp3) is 0.480. The zero-order valence-corrected chi connectivity index (χ0v) is 16.6. The van der Waals surface area contributed by atoms with Crippen LogP contribution in [-0.2, 0) is 4.74 Å². The minimum Gasteiger partial charge on any atom is -0.376 e. The van der Waals surface area contributed by atoms with E-state index in [9.17, 15) is 4.79 Å². The minimum atomic E-state index is -0.160. The summed E-state index contributed by atoms with van der Waals surface area (Å²) in [5.41, 5.74) is 2.86. The van der Waals surface area contributed by atoms with Crippen molar-refractivity contribution in [3.05, 3.63) is 60.2 Å². The molecule has 3 heteroatoms. The summed E-state index contributed by atoms with van der Waals surface area (Å²) in [6.45, 7) is 0.636. The number of ether oxygens (including phenoxy) is 1. The van der Waals surface area contributed by atoms with Crippen molar-refractivity contribution in [1.29, 1.82) is 0 Å². The Bertz CT molecular complexity index is 815. The van der Waals surface area contributed by atoms with E-state index in [4.69, 9.17) is 4.74 Å². The normalized spacial score (nSPS) is 33.0. The molecule has 28 heavy (non-hydrogen) atoms. The predicted octanol–water partition coefficient (Wildman–Crippen LogP) is 4.92. The molecule has 0 radical (unpaired) electrons. The SMILES string of the molecule is COC1(CNC(=O)c2ccc(-c3ccccc3)cc2)C2CC3CC(C2)CC1C3. The van der Waals surface area contributed by atoms with Crippen molar-refractivity contribution in [1.82, 2.24) is 5.32 Å². The number of benzene rings is 2. The molecule has 4 fully saturated rings. The van der Waals surface area contributed by atoms with Crippen LogP contribution in [0.3, 0.4) is 0 Å². The Morgan fingerprint density at radius 1 is 0.893 bits per heavy atom. The lowest BCUT2D eigenvalue weighted by Gasteiger charge is -2.60. The highest BCUT2D eigenvalue weighted by molar-refractivity contribution is 5.94. The maximum atomic E-state index is 12.8. The maximum Gasteiger partial charge on any atom is 0.251 e. The van der Waals surface area contributed by atoms with Gasteiger partial charge in [0.2, 0.25) is 0 Å². The summed E-state index contributed by atoms with van der Waals surface area (Å²) < 4.78 is 6.16. The van der Waals surface area contributed by atoms with Crippen LogP contribution in [0.25, 0.3) is 11.1 Å². The van der Waals surface area contributed by atoms with Crippen LogP contribution in [0.1, 0.15) is 42.5 Å². The van der Waals surface area contributed by atoms with E-state index in [1.807, 2.05) is 49.6 Å².